The van der Waals surface area contributed by atoms with Crippen LogP contribution in [-0.2, 0) is 28.6 Å². The third-order valence-electron chi connectivity index (χ3n) is 10.2. The molecule has 0 bridgehead atoms. The molecule has 0 radical (unpaired) electrons. The van der Waals surface area contributed by atoms with Crippen LogP contribution in [0, 0.1) is 0 Å². The molecule has 6 heteroatoms. The van der Waals surface area contributed by atoms with Gasteiger partial charge in [-0.3, -0.25) is 14.4 Å². The van der Waals surface area contributed by atoms with Crippen LogP contribution < -0.4 is 0 Å². The van der Waals surface area contributed by atoms with E-state index in [-0.39, 0.29) is 31.6 Å². The summed E-state index contributed by atoms with van der Waals surface area (Å²) in [5.41, 5.74) is 0. The van der Waals surface area contributed by atoms with Gasteiger partial charge in [-0.15, -0.1) is 0 Å². The molecule has 0 aliphatic rings. The Labute approximate surface area is 404 Å². The number of hydrogen-bond donors (Lipinski definition) is 0. The van der Waals surface area contributed by atoms with Gasteiger partial charge in [-0.25, -0.2) is 0 Å². The molecule has 1 atom stereocenters. The third-order valence-corrected chi connectivity index (χ3v) is 10.2. The van der Waals surface area contributed by atoms with E-state index in [9.17, 15) is 14.4 Å². The molecule has 6 nitrogen and oxygen atoms in total. The van der Waals surface area contributed by atoms with E-state index in [1.54, 1.807) is 0 Å². The Kier molecular flexibility index (Phi) is 49.1. The molecular formula is C60H92O6. The summed E-state index contributed by atoms with van der Waals surface area (Å²) in [5.74, 6) is -1.06. The van der Waals surface area contributed by atoms with Crippen molar-refractivity contribution in [2.24, 2.45) is 0 Å². The van der Waals surface area contributed by atoms with Gasteiger partial charge in [0.25, 0.3) is 0 Å². The van der Waals surface area contributed by atoms with E-state index >= 15 is 0 Å². The van der Waals surface area contributed by atoms with E-state index < -0.39 is 12.1 Å². The van der Waals surface area contributed by atoms with Crippen molar-refractivity contribution in [3.05, 3.63) is 146 Å². The van der Waals surface area contributed by atoms with Gasteiger partial charge >= 0.3 is 17.9 Å². The second kappa shape index (κ2) is 52.9. The number of ether oxygens (including phenoxy) is 3. The predicted molar refractivity (Wildman–Crippen MR) is 283 cm³/mol. The fourth-order valence-corrected chi connectivity index (χ4v) is 6.38. The van der Waals surface area contributed by atoms with Crippen molar-refractivity contribution in [3.63, 3.8) is 0 Å². The van der Waals surface area contributed by atoms with Crippen molar-refractivity contribution in [2.45, 2.75) is 200 Å². The minimum Gasteiger partial charge on any atom is -0.462 e. The van der Waals surface area contributed by atoms with Gasteiger partial charge in [0.05, 0.1) is 0 Å². The van der Waals surface area contributed by atoms with E-state index in [0.717, 1.165) is 116 Å². The van der Waals surface area contributed by atoms with Crippen molar-refractivity contribution < 1.29 is 28.6 Å². The molecule has 0 N–H and O–H groups in total. The molecule has 0 amide bonds. The number of carbonyl (C=O) groups is 3. The lowest BCUT2D eigenvalue weighted by molar-refractivity contribution is -0.166. The van der Waals surface area contributed by atoms with Crippen LogP contribution in [-0.4, -0.2) is 37.2 Å². The zero-order valence-corrected chi connectivity index (χ0v) is 41.9. The molecule has 0 saturated carbocycles. The number of carbonyl (C=O) groups excluding carboxylic acids is 3. The first-order valence-corrected chi connectivity index (χ1v) is 25.9. The number of hydrogen-bond acceptors (Lipinski definition) is 6. The van der Waals surface area contributed by atoms with E-state index in [1.165, 1.54) is 32.1 Å². The average Bonchev–Trinajstić information content (AvgIpc) is 3.31. The predicted octanol–water partition coefficient (Wildman–Crippen LogP) is 17.3. The van der Waals surface area contributed by atoms with Crippen molar-refractivity contribution in [2.75, 3.05) is 13.2 Å². The Balaban J connectivity index is 4.59. The molecule has 0 aromatic rings. The van der Waals surface area contributed by atoms with Crippen LogP contribution in [0.25, 0.3) is 0 Å². The van der Waals surface area contributed by atoms with Crippen LogP contribution in [0.4, 0.5) is 0 Å². The summed E-state index contributed by atoms with van der Waals surface area (Å²) >= 11 is 0. The third kappa shape index (κ3) is 50.3. The number of unbranched alkanes of at least 4 members (excludes halogenated alkanes) is 13. The minimum absolute atomic E-state index is 0.127. The van der Waals surface area contributed by atoms with E-state index in [1.807, 2.05) is 48.6 Å². The maximum atomic E-state index is 12.8. The van der Waals surface area contributed by atoms with E-state index in [0.29, 0.717) is 19.3 Å². The first-order valence-electron chi connectivity index (χ1n) is 25.9. The van der Waals surface area contributed by atoms with Gasteiger partial charge in [-0.05, 0) is 96.3 Å². The molecule has 0 aliphatic heterocycles. The van der Waals surface area contributed by atoms with Crippen molar-refractivity contribution >= 4 is 17.9 Å². The van der Waals surface area contributed by atoms with Crippen LogP contribution in [0.3, 0.4) is 0 Å². The quantitative estimate of drug-likeness (QED) is 0.0199. The number of esters is 3. The molecule has 1 unspecified atom stereocenters. The monoisotopic (exact) mass is 909 g/mol. The lowest BCUT2D eigenvalue weighted by Crippen LogP contribution is -2.30. The Morgan fingerprint density at radius 2 is 0.682 bits per heavy atom. The standard InChI is InChI=1S/C60H92O6/c1-4-7-10-13-16-19-22-25-28-30-31-33-35-38-41-44-47-50-53-59(62)65-56-57(55-64-58(61)52-49-46-43-40-37-34-27-24-21-18-15-12-9-6-3)66-60(63)54-51-48-45-42-39-36-32-29-26-23-20-17-14-11-8-5-2/h8-13,16-22,25-26,28-31,33,36,39,45,48,57H,4-7,14-15,23-24,27,32,34-35,37-38,40-44,46-47,49-56H2,1-3H3/b11-8-,12-9-,13-10-,19-16-,20-17-,21-18-,25-22-,29-26-,30-28-,33-31-,39-36-,48-45-. The van der Waals surface area contributed by atoms with Crippen LogP contribution in [0.15, 0.2) is 146 Å². The molecule has 0 fully saturated rings. The Morgan fingerprint density at radius 3 is 1.12 bits per heavy atom. The summed E-state index contributed by atoms with van der Waals surface area (Å²) in [6, 6.07) is 0. The minimum atomic E-state index is -0.838. The largest absolute Gasteiger partial charge is 0.462 e. The van der Waals surface area contributed by atoms with Crippen LogP contribution >= 0.6 is 0 Å². The SMILES string of the molecule is CC/C=C\C/C=C\C/C=C\C/C=C\C/C=C\CCC(=O)OC(COC(=O)CCCCCCC\C=C/C=C\C=C/C=C\C=C/CCC)COC(=O)CCCCCCCCC/C=C\C/C=C\CC. The number of rotatable bonds is 44. The Hall–Kier alpha value is -4.71. The van der Waals surface area contributed by atoms with Crippen LogP contribution in [0.5, 0.6) is 0 Å². The van der Waals surface area contributed by atoms with E-state index in [4.69, 9.17) is 14.2 Å². The molecule has 66 heavy (non-hydrogen) atoms. The van der Waals surface area contributed by atoms with Gasteiger partial charge in [-0.1, -0.05) is 224 Å². The molecule has 0 aliphatic carbocycles. The normalized spacial score (nSPS) is 13.3. The first-order chi connectivity index (χ1) is 32.5. The molecule has 0 aromatic heterocycles. The van der Waals surface area contributed by atoms with Gasteiger partial charge in [-0.2, -0.15) is 0 Å². The van der Waals surface area contributed by atoms with E-state index in [2.05, 4.69) is 118 Å². The zero-order valence-electron chi connectivity index (χ0n) is 41.9. The summed E-state index contributed by atoms with van der Waals surface area (Å²) in [6.07, 6.45) is 75.5. The zero-order chi connectivity index (χ0) is 47.9. The van der Waals surface area contributed by atoms with Crippen LogP contribution in [0.2, 0.25) is 0 Å². The molecule has 0 rings (SSSR count). The summed E-state index contributed by atoms with van der Waals surface area (Å²) < 4.78 is 16.7. The second-order valence-electron chi connectivity index (χ2n) is 16.4. The van der Waals surface area contributed by atoms with Gasteiger partial charge in [0.2, 0.25) is 0 Å². The van der Waals surface area contributed by atoms with Crippen molar-refractivity contribution in [1.29, 1.82) is 0 Å². The molecule has 0 aromatic carbocycles. The first kappa shape index (κ1) is 61.3. The molecule has 368 valence electrons. The number of allylic oxidation sites excluding steroid dienone is 24. The highest BCUT2D eigenvalue weighted by Gasteiger charge is 2.19. The topological polar surface area (TPSA) is 78.9 Å². The molecule has 0 heterocycles. The van der Waals surface area contributed by atoms with Gasteiger partial charge in [0, 0.05) is 19.3 Å². The average molecular weight is 909 g/mol. The van der Waals surface area contributed by atoms with Crippen molar-refractivity contribution in [3.8, 4) is 0 Å². The summed E-state index contributed by atoms with van der Waals surface area (Å²) in [4.78, 5) is 38.0. The lowest BCUT2D eigenvalue weighted by Gasteiger charge is -2.18. The summed E-state index contributed by atoms with van der Waals surface area (Å²) in [5, 5.41) is 0. The fraction of sp³-hybridized carbons (Fsp3) is 0.550. The lowest BCUT2D eigenvalue weighted by atomic mass is 10.1. The van der Waals surface area contributed by atoms with Crippen LogP contribution in [0.1, 0.15) is 194 Å². The smallest absolute Gasteiger partial charge is 0.306 e. The van der Waals surface area contributed by atoms with Gasteiger partial charge < -0.3 is 14.2 Å². The maximum absolute atomic E-state index is 12.8. The van der Waals surface area contributed by atoms with Crippen molar-refractivity contribution in [1.82, 2.24) is 0 Å². The maximum Gasteiger partial charge on any atom is 0.306 e. The molecule has 0 saturated heterocycles. The fourth-order valence-electron chi connectivity index (χ4n) is 6.38. The van der Waals surface area contributed by atoms with Gasteiger partial charge in [0.15, 0.2) is 6.10 Å². The Morgan fingerprint density at radius 1 is 0.333 bits per heavy atom. The highest BCUT2D eigenvalue weighted by molar-refractivity contribution is 5.71. The van der Waals surface area contributed by atoms with Gasteiger partial charge in [0.1, 0.15) is 13.2 Å². The summed E-state index contributed by atoms with van der Waals surface area (Å²) in [6.45, 7) is 6.21. The molecular weight excluding hydrogens is 817 g/mol. The highest BCUT2D eigenvalue weighted by atomic mass is 16.6. The Bertz CT molecular complexity index is 1510. The molecule has 0 spiro atoms. The highest BCUT2D eigenvalue weighted by Crippen LogP contribution is 2.12. The second-order valence-corrected chi connectivity index (χ2v) is 16.4. The summed E-state index contributed by atoms with van der Waals surface area (Å²) in [7, 11) is 0.